The number of hydrogen-bond donors (Lipinski definition) is 0. The Bertz CT molecular complexity index is 935. The summed E-state index contributed by atoms with van der Waals surface area (Å²) in [6, 6.07) is 13.3. The van der Waals surface area contributed by atoms with E-state index in [1.54, 1.807) is 13.3 Å². The van der Waals surface area contributed by atoms with Gasteiger partial charge in [-0.1, -0.05) is 37.5 Å². The zero-order valence-electron chi connectivity index (χ0n) is 19.8. The number of piperidine rings is 1. The highest BCUT2D eigenvalue weighted by Gasteiger charge is 2.34. The minimum absolute atomic E-state index is 0.0813. The number of carbonyl (C=O) groups excluding carboxylic acids is 2. The Kier molecular flexibility index (Phi) is 7.63. The first-order valence-corrected chi connectivity index (χ1v) is 12.2. The van der Waals surface area contributed by atoms with E-state index in [9.17, 15) is 9.59 Å². The average Bonchev–Trinajstić information content (AvgIpc) is 2.89. The van der Waals surface area contributed by atoms with Crippen LogP contribution in [-0.4, -0.2) is 53.8 Å². The molecule has 2 heterocycles. The maximum atomic E-state index is 13.6. The molecule has 2 aromatic rings. The Hall–Kier alpha value is -2.89. The molecule has 1 atom stereocenters. The quantitative estimate of drug-likeness (QED) is 0.653. The Morgan fingerprint density at radius 1 is 1.00 bits per heavy atom. The van der Waals surface area contributed by atoms with E-state index in [0.717, 1.165) is 42.7 Å². The second kappa shape index (κ2) is 10.8. The molecule has 33 heavy (non-hydrogen) atoms. The van der Waals surface area contributed by atoms with E-state index in [2.05, 4.69) is 4.98 Å². The predicted octanol–water partition coefficient (Wildman–Crippen LogP) is 4.46. The molecule has 1 aliphatic heterocycles. The fourth-order valence-corrected chi connectivity index (χ4v) is 5.31. The van der Waals surface area contributed by atoms with Crippen LogP contribution in [0.25, 0.3) is 0 Å². The number of hydrogen-bond acceptors (Lipinski definition) is 4. The van der Waals surface area contributed by atoms with Crippen LogP contribution in [0.15, 0.2) is 48.7 Å². The van der Waals surface area contributed by atoms with Gasteiger partial charge in [-0.25, -0.2) is 0 Å². The Labute approximate surface area is 196 Å². The van der Waals surface area contributed by atoms with Crippen LogP contribution in [0, 0.1) is 11.8 Å². The molecule has 2 fully saturated rings. The third kappa shape index (κ3) is 5.37. The molecule has 4 rings (SSSR count). The first-order valence-electron chi connectivity index (χ1n) is 12.2. The maximum absolute atomic E-state index is 13.6. The van der Waals surface area contributed by atoms with E-state index in [4.69, 9.17) is 4.74 Å². The van der Waals surface area contributed by atoms with Crippen LogP contribution in [0.2, 0.25) is 0 Å². The van der Waals surface area contributed by atoms with E-state index in [-0.39, 0.29) is 23.8 Å². The second-order valence-electron chi connectivity index (χ2n) is 9.32. The number of ether oxygens (including phenoxy) is 1. The molecule has 1 saturated heterocycles. The molecule has 1 saturated carbocycles. The lowest BCUT2D eigenvalue weighted by molar-refractivity contribution is -0.143. The minimum atomic E-state index is -0.296. The van der Waals surface area contributed by atoms with Gasteiger partial charge in [0.05, 0.1) is 18.8 Å². The van der Waals surface area contributed by atoms with Gasteiger partial charge in [0.2, 0.25) is 11.8 Å². The molecular weight excluding hydrogens is 414 g/mol. The summed E-state index contributed by atoms with van der Waals surface area (Å²) in [5.74, 6) is 1.27. The van der Waals surface area contributed by atoms with Gasteiger partial charge in [-0.05, 0) is 55.5 Å². The summed E-state index contributed by atoms with van der Waals surface area (Å²) >= 11 is 0. The van der Waals surface area contributed by atoms with Crippen LogP contribution < -0.4 is 4.74 Å². The van der Waals surface area contributed by atoms with Crippen molar-refractivity contribution in [3.63, 3.8) is 0 Å². The zero-order chi connectivity index (χ0) is 23.2. The Morgan fingerprint density at radius 3 is 2.42 bits per heavy atom. The number of pyridine rings is 1. The van der Waals surface area contributed by atoms with Crippen molar-refractivity contribution < 1.29 is 14.3 Å². The Morgan fingerprint density at radius 2 is 1.76 bits per heavy atom. The van der Waals surface area contributed by atoms with Gasteiger partial charge in [-0.15, -0.1) is 0 Å². The topological polar surface area (TPSA) is 62.7 Å². The number of amides is 2. The fourth-order valence-electron chi connectivity index (χ4n) is 5.31. The Balaban J connectivity index is 1.46. The number of likely N-dealkylation sites (tertiary alicyclic amines) is 1. The van der Waals surface area contributed by atoms with Crippen molar-refractivity contribution in [1.82, 2.24) is 14.8 Å². The first-order chi connectivity index (χ1) is 16.1. The van der Waals surface area contributed by atoms with Crippen molar-refractivity contribution in [2.75, 3.05) is 27.2 Å². The highest BCUT2D eigenvalue weighted by atomic mass is 16.5. The van der Waals surface area contributed by atoms with Gasteiger partial charge >= 0.3 is 0 Å². The molecule has 1 unspecified atom stereocenters. The number of benzene rings is 1. The molecule has 1 aromatic heterocycles. The normalized spacial score (nSPS) is 18.5. The lowest BCUT2D eigenvalue weighted by Crippen LogP contribution is -2.46. The SMILES string of the molecule is COc1cccc(C(c2ccccn2)N(C)C(=O)C2CCN(C(=O)C3CCCCC3)CC2)c1. The average molecular weight is 450 g/mol. The monoisotopic (exact) mass is 449 g/mol. The standard InChI is InChI=1S/C27H35N3O3/c1-29(25(24-13-6-7-16-28-24)22-11-8-12-23(19-22)33-2)26(31)21-14-17-30(18-15-21)27(32)20-9-4-3-5-10-20/h6-8,11-13,16,19-21,25H,3-5,9-10,14-15,17-18H2,1-2H3. The summed E-state index contributed by atoms with van der Waals surface area (Å²) in [6.07, 6.45) is 8.81. The van der Waals surface area contributed by atoms with Gasteiger partial charge in [0, 0.05) is 38.2 Å². The first kappa shape index (κ1) is 23.3. The van der Waals surface area contributed by atoms with Gasteiger partial charge in [-0.3, -0.25) is 14.6 Å². The van der Waals surface area contributed by atoms with E-state index >= 15 is 0 Å². The number of carbonyl (C=O) groups is 2. The maximum Gasteiger partial charge on any atom is 0.226 e. The third-order valence-electron chi connectivity index (χ3n) is 7.22. The zero-order valence-corrected chi connectivity index (χ0v) is 19.8. The van der Waals surface area contributed by atoms with Gasteiger partial charge in [0.25, 0.3) is 0 Å². The highest BCUT2D eigenvalue weighted by molar-refractivity contribution is 5.81. The molecule has 176 valence electrons. The molecule has 0 radical (unpaired) electrons. The smallest absolute Gasteiger partial charge is 0.226 e. The van der Waals surface area contributed by atoms with Gasteiger partial charge < -0.3 is 14.5 Å². The van der Waals surface area contributed by atoms with Crippen molar-refractivity contribution in [3.05, 3.63) is 59.9 Å². The van der Waals surface area contributed by atoms with Crippen LogP contribution in [-0.2, 0) is 9.59 Å². The van der Waals surface area contributed by atoms with Gasteiger partial charge in [-0.2, -0.15) is 0 Å². The summed E-state index contributed by atoms with van der Waals surface area (Å²) in [5, 5.41) is 0. The van der Waals surface area contributed by atoms with Crippen LogP contribution in [0.5, 0.6) is 5.75 Å². The largest absolute Gasteiger partial charge is 0.497 e. The lowest BCUT2D eigenvalue weighted by atomic mass is 9.87. The lowest BCUT2D eigenvalue weighted by Gasteiger charge is -2.37. The van der Waals surface area contributed by atoms with E-state index in [1.165, 1.54) is 6.42 Å². The summed E-state index contributed by atoms with van der Waals surface area (Å²) in [5.41, 5.74) is 1.79. The van der Waals surface area contributed by atoms with Gasteiger partial charge in [0.15, 0.2) is 0 Å². The van der Waals surface area contributed by atoms with Crippen LogP contribution in [0.1, 0.15) is 62.2 Å². The van der Waals surface area contributed by atoms with Crippen molar-refractivity contribution in [3.8, 4) is 5.75 Å². The molecule has 1 aromatic carbocycles. The second-order valence-corrected chi connectivity index (χ2v) is 9.32. The minimum Gasteiger partial charge on any atom is -0.497 e. The number of nitrogens with zero attached hydrogens (tertiary/aromatic N) is 3. The molecule has 0 N–H and O–H groups in total. The van der Waals surface area contributed by atoms with Gasteiger partial charge in [0.1, 0.15) is 5.75 Å². The molecule has 2 amide bonds. The summed E-state index contributed by atoms with van der Waals surface area (Å²) in [4.78, 5) is 34.9. The van der Waals surface area contributed by atoms with Crippen LogP contribution >= 0.6 is 0 Å². The summed E-state index contributed by atoms with van der Waals surface area (Å²) in [7, 11) is 3.51. The van der Waals surface area contributed by atoms with Crippen molar-refractivity contribution in [2.24, 2.45) is 11.8 Å². The van der Waals surface area contributed by atoms with Crippen molar-refractivity contribution in [1.29, 1.82) is 0 Å². The highest BCUT2D eigenvalue weighted by Crippen LogP contribution is 2.32. The van der Waals surface area contributed by atoms with Crippen LogP contribution in [0.4, 0.5) is 0 Å². The molecule has 6 heteroatoms. The fraction of sp³-hybridized carbons (Fsp3) is 0.519. The number of methoxy groups -OCH3 is 1. The third-order valence-corrected chi connectivity index (χ3v) is 7.22. The molecular formula is C27H35N3O3. The molecule has 2 aliphatic rings. The molecule has 1 aliphatic carbocycles. The summed E-state index contributed by atoms with van der Waals surface area (Å²) in [6.45, 7) is 1.35. The molecule has 0 bridgehead atoms. The van der Waals surface area contributed by atoms with Crippen LogP contribution in [0.3, 0.4) is 0 Å². The van der Waals surface area contributed by atoms with Crippen molar-refractivity contribution in [2.45, 2.75) is 51.0 Å². The number of rotatable bonds is 6. The van der Waals surface area contributed by atoms with E-state index in [1.807, 2.05) is 59.3 Å². The van der Waals surface area contributed by atoms with Crippen molar-refractivity contribution >= 4 is 11.8 Å². The molecule has 0 spiro atoms. The van der Waals surface area contributed by atoms with E-state index < -0.39 is 0 Å². The molecule has 6 nitrogen and oxygen atoms in total. The predicted molar refractivity (Wildman–Crippen MR) is 128 cm³/mol. The summed E-state index contributed by atoms with van der Waals surface area (Å²) < 4.78 is 5.42. The number of aromatic nitrogens is 1. The van der Waals surface area contributed by atoms with E-state index in [0.29, 0.717) is 31.8 Å².